The van der Waals surface area contributed by atoms with Gasteiger partial charge in [-0.2, -0.15) is 0 Å². The monoisotopic (exact) mass is 304 g/mol. The van der Waals surface area contributed by atoms with Crippen LogP contribution in [0.4, 0.5) is 4.39 Å². The highest BCUT2D eigenvalue weighted by molar-refractivity contribution is 7.12. The number of thiophene rings is 1. The van der Waals surface area contributed by atoms with Crippen molar-refractivity contribution in [2.24, 2.45) is 0 Å². The highest BCUT2D eigenvalue weighted by Gasteiger charge is 2.29. The van der Waals surface area contributed by atoms with Gasteiger partial charge in [0, 0.05) is 15.8 Å². The summed E-state index contributed by atoms with van der Waals surface area (Å²) in [4.78, 5) is 14.5. The van der Waals surface area contributed by atoms with Crippen molar-refractivity contribution in [2.75, 3.05) is 0 Å². The minimum absolute atomic E-state index is 0.00644. The number of hydrogen-bond acceptors (Lipinski definition) is 3. The maximum absolute atomic E-state index is 13.3. The molecule has 2 heterocycles. The summed E-state index contributed by atoms with van der Waals surface area (Å²) in [6.45, 7) is 6.46. The standard InChI is InChI=1S/C17H17FO2S/c1-17(2,3)16-7-6-15(21-16)14-9-12(19)11-5-4-10(18)8-13(11)20-14/h4-8,14H,9H2,1-3H3. The Labute approximate surface area is 127 Å². The van der Waals surface area contributed by atoms with Crippen LogP contribution in [0, 0.1) is 5.82 Å². The molecule has 110 valence electrons. The van der Waals surface area contributed by atoms with Crippen LogP contribution in [-0.4, -0.2) is 5.78 Å². The molecule has 0 saturated carbocycles. The molecule has 1 aromatic heterocycles. The van der Waals surface area contributed by atoms with E-state index < -0.39 is 0 Å². The molecule has 4 heteroatoms. The number of Topliss-reactive ketones (excluding diaryl/α,β-unsaturated/α-hetero) is 1. The van der Waals surface area contributed by atoms with Gasteiger partial charge in [-0.3, -0.25) is 4.79 Å². The lowest BCUT2D eigenvalue weighted by Gasteiger charge is -2.24. The molecule has 0 spiro atoms. The zero-order valence-corrected chi connectivity index (χ0v) is 13.1. The summed E-state index contributed by atoms with van der Waals surface area (Å²) in [6.07, 6.45) is -0.00387. The summed E-state index contributed by atoms with van der Waals surface area (Å²) in [6, 6.07) is 8.17. The largest absolute Gasteiger partial charge is 0.484 e. The topological polar surface area (TPSA) is 26.3 Å². The zero-order chi connectivity index (χ0) is 15.2. The van der Waals surface area contributed by atoms with Crippen LogP contribution in [0.25, 0.3) is 0 Å². The van der Waals surface area contributed by atoms with E-state index in [0.29, 0.717) is 17.7 Å². The van der Waals surface area contributed by atoms with E-state index in [1.807, 2.05) is 6.07 Å². The minimum Gasteiger partial charge on any atom is -0.484 e. The molecule has 0 fully saturated rings. The SMILES string of the molecule is CC(C)(C)c1ccc(C2CC(=O)c3ccc(F)cc3O2)s1. The number of carbonyl (C=O) groups excluding carboxylic acids is 1. The van der Waals surface area contributed by atoms with Gasteiger partial charge in [-0.05, 0) is 29.7 Å². The number of fused-ring (bicyclic) bond motifs is 1. The Morgan fingerprint density at radius 1 is 1.24 bits per heavy atom. The fourth-order valence-corrected chi connectivity index (χ4v) is 3.48. The van der Waals surface area contributed by atoms with Crippen LogP contribution < -0.4 is 4.74 Å². The van der Waals surface area contributed by atoms with Crippen molar-refractivity contribution in [3.8, 4) is 5.75 Å². The smallest absolute Gasteiger partial charge is 0.170 e. The van der Waals surface area contributed by atoms with Gasteiger partial charge in [-0.1, -0.05) is 20.8 Å². The normalized spacial score (nSPS) is 18.3. The average Bonchev–Trinajstić information content (AvgIpc) is 2.87. The van der Waals surface area contributed by atoms with Crippen molar-refractivity contribution >= 4 is 17.1 Å². The number of carbonyl (C=O) groups is 1. The first-order valence-corrected chi connectivity index (χ1v) is 7.76. The van der Waals surface area contributed by atoms with Gasteiger partial charge in [0.2, 0.25) is 0 Å². The second-order valence-corrected chi connectivity index (χ2v) is 7.44. The van der Waals surface area contributed by atoms with E-state index in [0.717, 1.165) is 4.88 Å². The predicted molar refractivity (Wildman–Crippen MR) is 81.7 cm³/mol. The molecule has 1 aromatic carbocycles. The van der Waals surface area contributed by atoms with Gasteiger partial charge in [-0.25, -0.2) is 4.39 Å². The summed E-state index contributed by atoms with van der Waals surface area (Å²) in [5, 5.41) is 0. The summed E-state index contributed by atoms with van der Waals surface area (Å²) < 4.78 is 19.2. The highest BCUT2D eigenvalue weighted by atomic mass is 32.1. The lowest BCUT2D eigenvalue weighted by atomic mass is 9.95. The molecule has 2 nitrogen and oxygen atoms in total. The fraction of sp³-hybridized carbons (Fsp3) is 0.353. The van der Waals surface area contributed by atoms with Gasteiger partial charge in [-0.15, -0.1) is 11.3 Å². The van der Waals surface area contributed by atoms with Crippen molar-refractivity contribution in [1.82, 2.24) is 0 Å². The summed E-state index contributed by atoms with van der Waals surface area (Å²) >= 11 is 1.66. The lowest BCUT2D eigenvalue weighted by Crippen LogP contribution is -2.19. The van der Waals surface area contributed by atoms with Crippen molar-refractivity contribution < 1.29 is 13.9 Å². The Bertz CT molecular complexity index is 697. The molecule has 1 atom stereocenters. The Kier molecular flexibility index (Phi) is 3.36. The van der Waals surface area contributed by atoms with Crippen molar-refractivity contribution in [3.05, 3.63) is 51.5 Å². The van der Waals surface area contributed by atoms with Crippen molar-refractivity contribution in [1.29, 1.82) is 0 Å². The van der Waals surface area contributed by atoms with Crippen molar-refractivity contribution in [3.63, 3.8) is 0 Å². The first kappa shape index (κ1) is 14.3. The summed E-state index contributed by atoms with van der Waals surface area (Å²) in [5.41, 5.74) is 0.547. The third-order valence-corrected chi connectivity index (χ3v) is 5.17. The van der Waals surface area contributed by atoms with Crippen LogP contribution in [0.3, 0.4) is 0 Å². The van der Waals surface area contributed by atoms with Gasteiger partial charge < -0.3 is 4.74 Å². The number of halogens is 1. The van der Waals surface area contributed by atoms with Gasteiger partial charge >= 0.3 is 0 Å². The molecule has 0 N–H and O–H groups in total. The second kappa shape index (κ2) is 4.95. The van der Waals surface area contributed by atoms with Crippen LogP contribution in [0.5, 0.6) is 5.75 Å². The molecule has 2 aromatic rings. The van der Waals surface area contributed by atoms with Gasteiger partial charge in [0.05, 0.1) is 12.0 Å². The Morgan fingerprint density at radius 2 is 2.00 bits per heavy atom. The molecule has 0 saturated heterocycles. The van der Waals surface area contributed by atoms with Crippen LogP contribution in [-0.2, 0) is 5.41 Å². The van der Waals surface area contributed by atoms with Gasteiger partial charge in [0.1, 0.15) is 17.7 Å². The Hall–Kier alpha value is -1.68. The molecule has 0 bridgehead atoms. The molecular formula is C17H17FO2S. The Morgan fingerprint density at radius 3 is 2.67 bits per heavy atom. The number of rotatable bonds is 1. The molecule has 0 amide bonds. The van der Waals surface area contributed by atoms with Crippen LogP contribution in [0.2, 0.25) is 0 Å². The molecule has 1 aliphatic rings. The number of hydrogen-bond donors (Lipinski definition) is 0. The van der Waals surface area contributed by atoms with E-state index in [9.17, 15) is 9.18 Å². The second-order valence-electron chi connectivity index (χ2n) is 6.33. The molecule has 1 unspecified atom stereocenters. The maximum Gasteiger partial charge on any atom is 0.170 e. The van der Waals surface area contributed by atoms with Gasteiger partial charge in [0.25, 0.3) is 0 Å². The third-order valence-electron chi connectivity index (χ3n) is 3.57. The first-order chi connectivity index (χ1) is 9.84. The quantitative estimate of drug-likeness (QED) is 0.749. The molecule has 0 aliphatic carbocycles. The molecule has 21 heavy (non-hydrogen) atoms. The van der Waals surface area contributed by atoms with E-state index in [2.05, 4.69) is 26.8 Å². The number of ketones is 1. The zero-order valence-electron chi connectivity index (χ0n) is 12.3. The highest BCUT2D eigenvalue weighted by Crippen LogP contribution is 2.39. The summed E-state index contributed by atoms with van der Waals surface area (Å²) in [5.74, 6) is -0.0299. The molecule has 1 aliphatic heterocycles. The van der Waals surface area contributed by atoms with Crippen LogP contribution in [0.15, 0.2) is 30.3 Å². The Balaban J connectivity index is 1.92. The van der Waals surface area contributed by atoms with E-state index in [4.69, 9.17) is 4.74 Å². The lowest BCUT2D eigenvalue weighted by molar-refractivity contribution is 0.0853. The number of benzene rings is 1. The van der Waals surface area contributed by atoms with E-state index in [1.165, 1.54) is 23.1 Å². The molecular weight excluding hydrogens is 287 g/mol. The van der Waals surface area contributed by atoms with Crippen LogP contribution >= 0.6 is 11.3 Å². The predicted octanol–water partition coefficient (Wildman–Crippen LogP) is 4.89. The van der Waals surface area contributed by atoms with E-state index in [-0.39, 0.29) is 23.1 Å². The van der Waals surface area contributed by atoms with Gasteiger partial charge in [0.15, 0.2) is 5.78 Å². The first-order valence-electron chi connectivity index (χ1n) is 6.94. The van der Waals surface area contributed by atoms with Crippen LogP contribution in [0.1, 0.15) is 53.4 Å². The van der Waals surface area contributed by atoms with Crippen molar-refractivity contribution in [2.45, 2.75) is 38.7 Å². The third kappa shape index (κ3) is 2.72. The summed E-state index contributed by atoms with van der Waals surface area (Å²) in [7, 11) is 0. The maximum atomic E-state index is 13.3. The number of ether oxygens (including phenoxy) is 1. The molecule has 3 rings (SSSR count). The van der Waals surface area contributed by atoms with E-state index >= 15 is 0 Å². The average molecular weight is 304 g/mol. The molecule has 0 radical (unpaired) electrons. The fourth-order valence-electron chi connectivity index (χ4n) is 2.38. The minimum atomic E-state index is -0.385. The van der Waals surface area contributed by atoms with E-state index in [1.54, 1.807) is 11.3 Å².